The first kappa shape index (κ1) is 17.3. The smallest absolute Gasteiger partial charge is 0.255 e. The average molecular weight is 367 g/mol. The molecule has 1 saturated heterocycles. The number of methoxy groups -OCH3 is 1. The Balaban J connectivity index is 1.50. The minimum Gasteiger partial charge on any atom is -0.497 e. The number of piperidine rings is 1. The third-order valence-electron chi connectivity index (χ3n) is 5.20. The Bertz CT molecular complexity index is 861. The number of aromatic nitrogens is 1. The van der Waals surface area contributed by atoms with E-state index in [1.165, 1.54) is 0 Å². The molecule has 7 nitrogen and oxygen atoms in total. The summed E-state index contributed by atoms with van der Waals surface area (Å²) in [5.41, 5.74) is 0.544. The molecule has 1 spiro atoms. The standard InChI is InChI=1S/C20H21N3O4/c1-26-15-4-5-17-16(11-15)18(24)22-13-20(27-17)6-9-23(10-7-20)19(25)14-3-2-8-21-12-14/h2-5,8,11-12H,6-7,9-10,13H2,1H3,(H,22,24). The number of amides is 2. The van der Waals surface area contributed by atoms with Gasteiger partial charge in [0.05, 0.1) is 24.8 Å². The van der Waals surface area contributed by atoms with Crippen LogP contribution in [0.5, 0.6) is 11.5 Å². The second-order valence-corrected chi connectivity index (χ2v) is 6.86. The van der Waals surface area contributed by atoms with E-state index in [-0.39, 0.29) is 11.8 Å². The predicted molar refractivity (Wildman–Crippen MR) is 98.1 cm³/mol. The van der Waals surface area contributed by atoms with E-state index in [2.05, 4.69) is 10.3 Å². The Labute approximate surface area is 157 Å². The first-order valence-electron chi connectivity index (χ1n) is 8.95. The quantitative estimate of drug-likeness (QED) is 0.877. The van der Waals surface area contributed by atoms with Crippen molar-refractivity contribution in [3.8, 4) is 11.5 Å². The maximum absolute atomic E-state index is 12.6. The van der Waals surface area contributed by atoms with Gasteiger partial charge in [0, 0.05) is 38.3 Å². The van der Waals surface area contributed by atoms with Gasteiger partial charge in [0.25, 0.3) is 11.8 Å². The number of carbonyl (C=O) groups is 2. The fourth-order valence-electron chi connectivity index (χ4n) is 3.58. The number of likely N-dealkylation sites (tertiary alicyclic amines) is 1. The zero-order valence-corrected chi connectivity index (χ0v) is 15.1. The first-order valence-corrected chi connectivity index (χ1v) is 8.95. The highest BCUT2D eigenvalue weighted by Crippen LogP contribution is 2.34. The lowest BCUT2D eigenvalue weighted by atomic mass is 9.90. The molecule has 0 bridgehead atoms. The maximum Gasteiger partial charge on any atom is 0.255 e. The van der Waals surface area contributed by atoms with Gasteiger partial charge in [-0.1, -0.05) is 0 Å². The summed E-state index contributed by atoms with van der Waals surface area (Å²) in [5, 5.41) is 2.96. The van der Waals surface area contributed by atoms with Gasteiger partial charge in [-0.05, 0) is 30.3 Å². The van der Waals surface area contributed by atoms with Gasteiger partial charge in [0.1, 0.15) is 17.1 Å². The van der Waals surface area contributed by atoms with Crippen LogP contribution in [0.3, 0.4) is 0 Å². The second kappa shape index (κ2) is 6.90. The number of ether oxygens (including phenoxy) is 2. The van der Waals surface area contributed by atoms with Crippen LogP contribution in [0.4, 0.5) is 0 Å². The molecule has 4 rings (SSSR count). The van der Waals surface area contributed by atoms with Crippen LogP contribution in [0.15, 0.2) is 42.7 Å². The molecule has 0 saturated carbocycles. The van der Waals surface area contributed by atoms with Crippen LogP contribution in [0.25, 0.3) is 0 Å². The highest BCUT2D eigenvalue weighted by atomic mass is 16.5. The highest BCUT2D eigenvalue weighted by Gasteiger charge is 2.41. The summed E-state index contributed by atoms with van der Waals surface area (Å²) < 4.78 is 11.5. The number of fused-ring (bicyclic) bond motifs is 1. The van der Waals surface area contributed by atoms with Crippen molar-refractivity contribution in [1.29, 1.82) is 0 Å². The average Bonchev–Trinajstić information content (AvgIpc) is 2.85. The SMILES string of the molecule is COc1ccc2c(c1)C(=O)NCC1(CCN(C(=O)c3cccnc3)CC1)O2. The molecule has 2 aliphatic heterocycles. The third kappa shape index (κ3) is 3.32. The summed E-state index contributed by atoms with van der Waals surface area (Å²) in [6.45, 7) is 1.54. The van der Waals surface area contributed by atoms with Crippen molar-refractivity contribution in [2.24, 2.45) is 0 Å². The molecule has 0 radical (unpaired) electrons. The Morgan fingerprint density at radius 2 is 2.11 bits per heavy atom. The molecule has 2 amide bonds. The molecule has 1 N–H and O–H groups in total. The minimum atomic E-state index is -0.513. The van der Waals surface area contributed by atoms with Crippen LogP contribution < -0.4 is 14.8 Å². The Morgan fingerprint density at radius 1 is 1.30 bits per heavy atom. The number of hydrogen-bond donors (Lipinski definition) is 1. The van der Waals surface area contributed by atoms with E-state index in [1.807, 2.05) is 4.90 Å². The highest BCUT2D eigenvalue weighted by molar-refractivity contribution is 5.98. The summed E-state index contributed by atoms with van der Waals surface area (Å²) in [6, 6.07) is 8.77. The van der Waals surface area contributed by atoms with Crippen molar-refractivity contribution < 1.29 is 19.1 Å². The molecule has 1 aromatic carbocycles. The second-order valence-electron chi connectivity index (χ2n) is 6.86. The first-order chi connectivity index (χ1) is 13.1. The summed E-state index contributed by atoms with van der Waals surface area (Å²) in [6.07, 6.45) is 4.52. The van der Waals surface area contributed by atoms with Gasteiger partial charge >= 0.3 is 0 Å². The topological polar surface area (TPSA) is 80.8 Å². The molecule has 0 unspecified atom stereocenters. The molecule has 1 aromatic heterocycles. The fraction of sp³-hybridized carbons (Fsp3) is 0.350. The summed E-state index contributed by atoms with van der Waals surface area (Å²) in [7, 11) is 1.56. The molecule has 27 heavy (non-hydrogen) atoms. The molecule has 1 fully saturated rings. The summed E-state index contributed by atoms with van der Waals surface area (Å²) in [5.74, 6) is 0.966. The zero-order valence-electron chi connectivity index (χ0n) is 15.1. The van der Waals surface area contributed by atoms with E-state index in [1.54, 1.807) is 49.8 Å². The number of nitrogens with one attached hydrogen (secondary N) is 1. The maximum atomic E-state index is 12.6. The molecule has 140 valence electrons. The lowest BCUT2D eigenvalue weighted by Crippen LogP contribution is -2.54. The molecule has 7 heteroatoms. The fourth-order valence-corrected chi connectivity index (χ4v) is 3.58. The molecular formula is C20H21N3O4. The zero-order chi connectivity index (χ0) is 18.9. The number of rotatable bonds is 2. The van der Waals surface area contributed by atoms with Crippen LogP contribution >= 0.6 is 0 Å². The van der Waals surface area contributed by atoms with Crippen molar-refractivity contribution in [3.63, 3.8) is 0 Å². The van der Waals surface area contributed by atoms with E-state index >= 15 is 0 Å². The number of hydrogen-bond acceptors (Lipinski definition) is 5. The van der Waals surface area contributed by atoms with Crippen LogP contribution in [-0.4, -0.2) is 54.0 Å². The van der Waals surface area contributed by atoms with Gasteiger partial charge < -0.3 is 19.7 Å². The number of benzene rings is 1. The van der Waals surface area contributed by atoms with Crippen LogP contribution in [-0.2, 0) is 0 Å². The minimum absolute atomic E-state index is 0.0271. The van der Waals surface area contributed by atoms with E-state index < -0.39 is 5.60 Å². The van der Waals surface area contributed by atoms with Crippen molar-refractivity contribution in [1.82, 2.24) is 15.2 Å². The monoisotopic (exact) mass is 367 g/mol. The lowest BCUT2D eigenvalue weighted by molar-refractivity contribution is 0.00768. The molecule has 2 aromatic rings. The number of nitrogens with zero attached hydrogens (tertiary/aromatic N) is 2. The molecule has 0 aliphatic carbocycles. The molecule has 2 aliphatic rings. The van der Waals surface area contributed by atoms with E-state index in [0.717, 1.165) is 0 Å². The number of carbonyl (C=O) groups excluding carboxylic acids is 2. The summed E-state index contributed by atoms with van der Waals surface area (Å²) >= 11 is 0. The molecule has 3 heterocycles. The van der Waals surface area contributed by atoms with Gasteiger partial charge in [-0.25, -0.2) is 0 Å². The molecule has 0 atom stereocenters. The largest absolute Gasteiger partial charge is 0.497 e. The predicted octanol–water partition coefficient (Wildman–Crippen LogP) is 1.89. The van der Waals surface area contributed by atoms with Crippen molar-refractivity contribution in [2.45, 2.75) is 18.4 Å². The van der Waals surface area contributed by atoms with Crippen molar-refractivity contribution in [3.05, 3.63) is 53.9 Å². The van der Waals surface area contributed by atoms with Gasteiger partial charge in [0.15, 0.2) is 0 Å². The van der Waals surface area contributed by atoms with Crippen molar-refractivity contribution in [2.75, 3.05) is 26.7 Å². The Hall–Kier alpha value is -3.09. The molecular weight excluding hydrogens is 346 g/mol. The van der Waals surface area contributed by atoms with Gasteiger partial charge in [-0.3, -0.25) is 14.6 Å². The normalized spacial score (nSPS) is 18.1. The number of pyridine rings is 1. The Morgan fingerprint density at radius 3 is 2.81 bits per heavy atom. The van der Waals surface area contributed by atoms with E-state index in [9.17, 15) is 9.59 Å². The third-order valence-corrected chi connectivity index (χ3v) is 5.20. The van der Waals surface area contributed by atoms with E-state index in [4.69, 9.17) is 9.47 Å². The van der Waals surface area contributed by atoms with Crippen LogP contribution in [0.1, 0.15) is 33.6 Å². The van der Waals surface area contributed by atoms with Gasteiger partial charge in [-0.2, -0.15) is 0 Å². The lowest BCUT2D eigenvalue weighted by Gasteiger charge is -2.41. The van der Waals surface area contributed by atoms with Crippen LogP contribution in [0.2, 0.25) is 0 Å². The van der Waals surface area contributed by atoms with Gasteiger partial charge in [0.2, 0.25) is 0 Å². The summed E-state index contributed by atoms with van der Waals surface area (Å²) in [4.78, 5) is 30.9. The van der Waals surface area contributed by atoms with Gasteiger partial charge in [-0.15, -0.1) is 0 Å². The Kier molecular flexibility index (Phi) is 4.43. The van der Waals surface area contributed by atoms with Crippen molar-refractivity contribution >= 4 is 11.8 Å². The van der Waals surface area contributed by atoms with Crippen LogP contribution in [0, 0.1) is 0 Å². The van der Waals surface area contributed by atoms with E-state index in [0.29, 0.717) is 55.1 Å².